The Hall–Kier alpha value is -1.64. The summed E-state index contributed by atoms with van der Waals surface area (Å²) in [6.07, 6.45) is 0.869. The van der Waals surface area contributed by atoms with Crippen LogP contribution in [0, 0.1) is 5.92 Å². The molecular weight excluding hydrogens is 332 g/mol. The van der Waals surface area contributed by atoms with Crippen molar-refractivity contribution in [2.75, 3.05) is 25.6 Å². The number of ether oxygens (including phenoxy) is 1. The van der Waals surface area contributed by atoms with E-state index in [-0.39, 0.29) is 17.1 Å². The van der Waals surface area contributed by atoms with Gasteiger partial charge < -0.3 is 15.2 Å². The van der Waals surface area contributed by atoms with E-state index in [0.717, 1.165) is 6.42 Å². The van der Waals surface area contributed by atoms with Gasteiger partial charge in [-0.25, -0.2) is 17.9 Å². The van der Waals surface area contributed by atoms with Crippen molar-refractivity contribution in [1.29, 1.82) is 0 Å². The Morgan fingerprint density at radius 2 is 1.96 bits per heavy atom. The molecule has 0 radical (unpaired) electrons. The fourth-order valence-electron chi connectivity index (χ4n) is 2.13. The number of hydrogen-bond donors (Lipinski definition) is 3. The summed E-state index contributed by atoms with van der Waals surface area (Å²) < 4.78 is 32.6. The highest BCUT2D eigenvalue weighted by Gasteiger charge is 2.22. The molecule has 0 aliphatic rings. The lowest BCUT2D eigenvalue weighted by atomic mass is 10.1. The Bertz CT molecular complexity index is 658. The van der Waals surface area contributed by atoms with Crippen LogP contribution < -0.4 is 10.0 Å². The second-order valence-corrected chi connectivity index (χ2v) is 7.79. The largest absolute Gasteiger partial charge is 0.478 e. The summed E-state index contributed by atoms with van der Waals surface area (Å²) in [4.78, 5) is 11.1. The Labute approximate surface area is 143 Å². The zero-order chi connectivity index (χ0) is 18.3. The predicted octanol–water partition coefficient (Wildman–Crippen LogP) is 2.16. The monoisotopic (exact) mass is 358 g/mol. The van der Waals surface area contributed by atoms with Gasteiger partial charge >= 0.3 is 5.97 Å². The molecule has 0 saturated heterocycles. The molecule has 0 amide bonds. The third-order valence-corrected chi connectivity index (χ3v) is 4.96. The van der Waals surface area contributed by atoms with E-state index in [2.05, 4.69) is 23.9 Å². The first-order chi connectivity index (χ1) is 11.2. The van der Waals surface area contributed by atoms with Crippen molar-refractivity contribution in [2.24, 2.45) is 5.92 Å². The quantitative estimate of drug-likeness (QED) is 0.592. The number of anilines is 1. The molecule has 1 rings (SSSR count). The lowest BCUT2D eigenvalue weighted by Gasteiger charge is -2.17. The fourth-order valence-corrected chi connectivity index (χ4v) is 3.57. The molecule has 3 N–H and O–H groups in total. The van der Waals surface area contributed by atoms with Crippen LogP contribution in [0.1, 0.15) is 37.6 Å². The number of methoxy groups -OCH3 is 1. The van der Waals surface area contributed by atoms with Crippen molar-refractivity contribution in [2.45, 2.75) is 38.1 Å². The zero-order valence-corrected chi connectivity index (χ0v) is 15.3. The normalized spacial score (nSPS) is 13.0. The van der Waals surface area contributed by atoms with Gasteiger partial charge in [0.1, 0.15) is 4.90 Å². The minimum absolute atomic E-state index is 0.0749. The topological polar surface area (TPSA) is 105 Å². The van der Waals surface area contributed by atoms with E-state index in [1.54, 1.807) is 6.92 Å². The van der Waals surface area contributed by atoms with Crippen molar-refractivity contribution in [1.82, 2.24) is 4.72 Å². The molecule has 0 aromatic heterocycles. The van der Waals surface area contributed by atoms with Crippen LogP contribution in [0.15, 0.2) is 23.1 Å². The van der Waals surface area contributed by atoms with E-state index >= 15 is 0 Å². The van der Waals surface area contributed by atoms with E-state index in [0.29, 0.717) is 18.2 Å². The number of carboxylic acid groups (broad SMARTS) is 1. The lowest BCUT2D eigenvalue weighted by Crippen LogP contribution is -2.36. The Balaban J connectivity index is 3.14. The van der Waals surface area contributed by atoms with E-state index in [1.165, 1.54) is 25.3 Å². The molecular formula is C16H26N2O5S. The Morgan fingerprint density at radius 3 is 2.50 bits per heavy atom. The molecule has 0 aliphatic heterocycles. The predicted molar refractivity (Wildman–Crippen MR) is 93.0 cm³/mol. The van der Waals surface area contributed by atoms with Crippen LogP contribution in [0.5, 0.6) is 0 Å². The molecule has 136 valence electrons. The standard InChI is InChI=1S/C16H26N2O5S/c1-11(2)7-8-17-14-6-5-13(16(19)20)9-15(14)24(21,22)18-12(3)10-23-4/h5-6,9,11-12,17-18H,7-8,10H2,1-4H3,(H,19,20)/t12-/m1/s1. The average molecular weight is 358 g/mol. The number of sulfonamides is 1. The van der Waals surface area contributed by atoms with Gasteiger partial charge in [-0.15, -0.1) is 0 Å². The molecule has 7 nitrogen and oxygen atoms in total. The van der Waals surface area contributed by atoms with Crippen LogP contribution in [-0.4, -0.2) is 45.8 Å². The van der Waals surface area contributed by atoms with Crippen LogP contribution in [0.25, 0.3) is 0 Å². The van der Waals surface area contributed by atoms with E-state index in [4.69, 9.17) is 9.84 Å². The number of carbonyl (C=O) groups is 1. The van der Waals surface area contributed by atoms with E-state index in [9.17, 15) is 13.2 Å². The summed E-state index contributed by atoms with van der Waals surface area (Å²) in [5.41, 5.74) is 0.307. The summed E-state index contributed by atoms with van der Waals surface area (Å²) >= 11 is 0. The van der Waals surface area contributed by atoms with Gasteiger partial charge in [-0.1, -0.05) is 13.8 Å². The molecule has 1 atom stereocenters. The first-order valence-corrected chi connectivity index (χ1v) is 9.28. The van der Waals surface area contributed by atoms with Crippen molar-refractivity contribution < 1.29 is 23.1 Å². The highest BCUT2D eigenvalue weighted by molar-refractivity contribution is 7.89. The highest BCUT2D eigenvalue weighted by Crippen LogP contribution is 2.23. The van der Waals surface area contributed by atoms with Crippen LogP contribution in [0.3, 0.4) is 0 Å². The van der Waals surface area contributed by atoms with Crippen molar-refractivity contribution in [3.05, 3.63) is 23.8 Å². The molecule has 0 bridgehead atoms. The summed E-state index contributed by atoms with van der Waals surface area (Å²) in [5.74, 6) is -0.708. The average Bonchev–Trinajstić information content (AvgIpc) is 2.46. The smallest absolute Gasteiger partial charge is 0.335 e. The maximum atomic E-state index is 12.6. The maximum absolute atomic E-state index is 12.6. The van der Waals surface area contributed by atoms with Gasteiger partial charge in [0.05, 0.1) is 17.9 Å². The summed E-state index contributed by atoms with van der Waals surface area (Å²) in [6.45, 7) is 6.63. The number of aromatic carboxylic acids is 1. The van der Waals surface area contributed by atoms with Crippen molar-refractivity contribution >= 4 is 21.7 Å². The molecule has 0 unspecified atom stereocenters. The second-order valence-electron chi connectivity index (χ2n) is 6.10. The Kier molecular flexibility index (Phi) is 7.65. The molecule has 0 fully saturated rings. The SMILES string of the molecule is COC[C@@H](C)NS(=O)(=O)c1cc(C(=O)O)ccc1NCCC(C)C. The molecule has 0 saturated carbocycles. The first-order valence-electron chi connectivity index (χ1n) is 7.80. The molecule has 0 aliphatic carbocycles. The number of carboxylic acids is 1. The van der Waals surface area contributed by atoms with Crippen LogP contribution in [0.4, 0.5) is 5.69 Å². The van der Waals surface area contributed by atoms with E-state index in [1.807, 2.05) is 0 Å². The number of benzene rings is 1. The number of nitrogens with one attached hydrogen (secondary N) is 2. The van der Waals surface area contributed by atoms with Gasteiger partial charge in [0.25, 0.3) is 0 Å². The summed E-state index contributed by atoms with van der Waals surface area (Å²) in [6, 6.07) is 3.61. The summed E-state index contributed by atoms with van der Waals surface area (Å²) in [7, 11) is -2.39. The number of rotatable bonds is 10. The van der Waals surface area contributed by atoms with Crippen LogP contribution in [0.2, 0.25) is 0 Å². The van der Waals surface area contributed by atoms with E-state index < -0.39 is 22.0 Å². The molecule has 0 spiro atoms. The van der Waals surface area contributed by atoms with Crippen molar-refractivity contribution in [3.8, 4) is 0 Å². The van der Waals surface area contributed by atoms with Gasteiger partial charge in [-0.3, -0.25) is 0 Å². The molecule has 1 aromatic carbocycles. The zero-order valence-electron chi connectivity index (χ0n) is 14.5. The maximum Gasteiger partial charge on any atom is 0.335 e. The van der Waals surface area contributed by atoms with Crippen molar-refractivity contribution in [3.63, 3.8) is 0 Å². The van der Waals surface area contributed by atoms with Crippen LogP contribution >= 0.6 is 0 Å². The third kappa shape index (κ3) is 6.10. The minimum Gasteiger partial charge on any atom is -0.478 e. The summed E-state index contributed by atoms with van der Waals surface area (Å²) in [5, 5.41) is 12.2. The first kappa shape index (κ1) is 20.4. The van der Waals surface area contributed by atoms with Gasteiger partial charge in [0.2, 0.25) is 10.0 Å². The van der Waals surface area contributed by atoms with Crippen LogP contribution in [-0.2, 0) is 14.8 Å². The molecule has 1 aromatic rings. The lowest BCUT2D eigenvalue weighted by molar-refractivity contribution is 0.0696. The second kappa shape index (κ2) is 9.00. The Morgan fingerprint density at radius 1 is 1.29 bits per heavy atom. The third-order valence-electron chi connectivity index (χ3n) is 3.33. The fraction of sp³-hybridized carbons (Fsp3) is 0.562. The van der Waals surface area contributed by atoms with Gasteiger partial charge in [-0.05, 0) is 37.5 Å². The number of hydrogen-bond acceptors (Lipinski definition) is 5. The molecule has 0 heterocycles. The highest BCUT2D eigenvalue weighted by atomic mass is 32.2. The van der Waals surface area contributed by atoms with Gasteiger partial charge in [0, 0.05) is 19.7 Å². The molecule has 24 heavy (non-hydrogen) atoms. The molecule has 8 heteroatoms. The van der Waals surface area contributed by atoms with Gasteiger partial charge in [-0.2, -0.15) is 0 Å². The van der Waals surface area contributed by atoms with Gasteiger partial charge in [0.15, 0.2) is 0 Å². The minimum atomic E-state index is -3.87.